The van der Waals surface area contributed by atoms with E-state index in [1.807, 2.05) is 13.2 Å². The fourth-order valence-corrected chi connectivity index (χ4v) is 2.53. The lowest BCUT2D eigenvalue weighted by Gasteiger charge is -2.25. The summed E-state index contributed by atoms with van der Waals surface area (Å²) in [4.78, 5) is 14.2. The molecule has 0 heterocycles. The maximum absolute atomic E-state index is 12.5. The van der Waals surface area contributed by atoms with Crippen LogP contribution in [0.1, 0.15) is 17.3 Å². The smallest absolute Gasteiger partial charge is 0.256 e. The molecule has 112 valence electrons. The van der Waals surface area contributed by atoms with Crippen LogP contribution in [0.25, 0.3) is 0 Å². The third kappa shape index (κ3) is 3.50. The molecule has 0 saturated heterocycles. The predicted octanol–water partition coefficient (Wildman–Crippen LogP) is 2.11. The van der Waals surface area contributed by atoms with E-state index in [0.29, 0.717) is 22.7 Å². The van der Waals surface area contributed by atoms with Crippen molar-refractivity contribution in [2.45, 2.75) is 13.0 Å². The Kier molecular flexibility index (Phi) is 6.01. The van der Waals surface area contributed by atoms with Gasteiger partial charge in [-0.15, -0.1) is 0 Å². The van der Waals surface area contributed by atoms with Crippen LogP contribution in [-0.4, -0.2) is 50.1 Å². The molecule has 0 bridgehead atoms. The highest BCUT2D eigenvalue weighted by Gasteiger charge is 2.21. The van der Waals surface area contributed by atoms with E-state index >= 15 is 0 Å². The molecule has 0 fully saturated rings. The number of carbonyl (C=O) groups excluding carboxylic acids is 1. The van der Waals surface area contributed by atoms with Crippen LogP contribution in [0.4, 0.5) is 5.69 Å². The number of benzene rings is 1. The first kappa shape index (κ1) is 16.5. The molecular formula is C14H22N2O3S. The molecule has 2 N–H and O–H groups in total. The largest absolute Gasteiger partial charge is 0.493 e. The molecule has 6 heteroatoms. The topological polar surface area (TPSA) is 64.8 Å². The average molecular weight is 298 g/mol. The minimum Gasteiger partial charge on any atom is -0.493 e. The van der Waals surface area contributed by atoms with Crippen molar-refractivity contribution in [1.82, 2.24) is 4.90 Å². The number of nitrogens with two attached hydrogens (primary N) is 1. The molecule has 0 aliphatic rings. The second-order valence-electron chi connectivity index (χ2n) is 4.51. The monoisotopic (exact) mass is 298 g/mol. The summed E-state index contributed by atoms with van der Waals surface area (Å²) in [6.07, 6.45) is 2.01. The van der Waals surface area contributed by atoms with E-state index in [4.69, 9.17) is 15.2 Å². The van der Waals surface area contributed by atoms with E-state index in [1.165, 1.54) is 14.2 Å². The quantitative estimate of drug-likeness (QED) is 0.815. The van der Waals surface area contributed by atoms with Gasteiger partial charge in [0.25, 0.3) is 5.91 Å². The molecule has 0 aliphatic heterocycles. The van der Waals surface area contributed by atoms with Crippen LogP contribution < -0.4 is 15.2 Å². The van der Waals surface area contributed by atoms with Crippen LogP contribution in [0, 0.1) is 0 Å². The maximum atomic E-state index is 12.5. The Hall–Kier alpha value is -1.56. The van der Waals surface area contributed by atoms with Gasteiger partial charge in [-0.05, 0) is 19.2 Å². The zero-order valence-electron chi connectivity index (χ0n) is 12.6. The van der Waals surface area contributed by atoms with Gasteiger partial charge in [-0.25, -0.2) is 0 Å². The molecule has 20 heavy (non-hydrogen) atoms. The first-order valence-electron chi connectivity index (χ1n) is 6.23. The molecule has 1 unspecified atom stereocenters. The summed E-state index contributed by atoms with van der Waals surface area (Å²) >= 11 is 1.70. The maximum Gasteiger partial charge on any atom is 0.256 e. The highest BCUT2D eigenvalue weighted by atomic mass is 32.2. The van der Waals surface area contributed by atoms with Crippen molar-refractivity contribution in [1.29, 1.82) is 0 Å². The Morgan fingerprint density at radius 3 is 2.40 bits per heavy atom. The Labute approximate surface area is 124 Å². The normalized spacial score (nSPS) is 11.8. The Bertz CT molecular complexity index is 480. The van der Waals surface area contributed by atoms with Crippen LogP contribution in [0.3, 0.4) is 0 Å². The molecule has 0 aliphatic carbocycles. The Morgan fingerprint density at radius 2 is 1.90 bits per heavy atom. The van der Waals surface area contributed by atoms with Gasteiger partial charge in [-0.2, -0.15) is 11.8 Å². The van der Waals surface area contributed by atoms with E-state index in [9.17, 15) is 4.79 Å². The summed E-state index contributed by atoms with van der Waals surface area (Å²) in [5.41, 5.74) is 6.76. The number of amides is 1. The fourth-order valence-electron chi connectivity index (χ4n) is 1.82. The summed E-state index contributed by atoms with van der Waals surface area (Å²) in [6.45, 7) is 2.01. The number of hydrogen-bond donors (Lipinski definition) is 1. The van der Waals surface area contributed by atoms with Gasteiger partial charge in [-0.3, -0.25) is 4.79 Å². The molecule has 5 nitrogen and oxygen atoms in total. The van der Waals surface area contributed by atoms with Crippen molar-refractivity contribution in [2.75, 3.05) is 39.0 Å². The van der Waals surface area contributed by atoms with E-state index in [2.05, 4.69) is 0 Å². The number of nitrogen functional groups attached to an aromatic ring is 1. The van der Waals surface area contributed by atoms with Crippen molar-refractivity contribution >= 4 is 23.4 Å². The molecule has 1 aromatic carbocycles. The summed E-state index contributed by atoms with van der Waals surface area (Å²) in [5, 5.41) is 0. The molecule has 0 saturated carbocycles. The SMILES string of the molecule is COc1cc(N)c(C(=O)N(C)C(C)CSC)cc1OC. The number of anilines is 1. The molecule has 1 rings (SSSR count). The van der Waals surface area contributed by atoms with Crippen LogP contribution in [0.15, 0.2) is 12.1 Å². The van der Waals surface area contributed by atoms with Crippen molar-refractivity contribution in [2.24, 2.45) is 0 Å². The number of rotatable bonds is 6. The second kappa shape index (κ2) is 7.28. The second-order valence-corrected chi connectivity index (χ2v) is 5.43. The standard InChI is InChI=1S/C14H22N2O3S/c1-9(8-20-5)16(2)14(17)10-6-12(18-3)13(19-4)7-11(10)15/h6-7,9H,8,15H2,1-5H3. The molecule has 0 radical (unpaired) electrons. The van der Waals surface area contributed by atoms with Gasteiger partial charge in [0.1, 0.15) is 0 Å². The minimum absolute atomic E-state index is 0.120. The number of carbonyl (C=O) groups is 1. The molecule has 1 aromatic rings. The Morgan fingerprint density at radius 1 is 1.35 bits per heavy atom. The van der Waals surface area contributed by atoms with Crippen molar-refractivity contribution in [3.05, 3.63) is 17.7 Å². The van der Waals surface area contributed by atoms with Crippen molar-refractivity contribution in [3.63, 3.8) is 0 Å². The van der Waals surface area contributed by atoms with Gasteiger partial charge in [-0.1, -0.05) is 0 Å². The third-order valence-corrected chi connectivity index (χ3v) is 3.99. The van der Waals surface area contributed by atoms with E-state index < -0.39 is 0 Å². The van der Waals surface area contributed by atoms with E-state index in [-0.39, 0.29) is 11.9 Å². The molecule has 1 amide bonds. The lowest BCUT2D eigenvalue weighted by Crippen LogP contribution is -2.37. The highest BCUT2D eigenvalue weighted by Crippen LogP contribution is 2.32. The molecule has 0 aromatic heterocycles. The van der Waals surface area contributed by atoms with Crippen LogP contribution in [-0.2, 0) is 0 Å². The van der Waals surface area contributed by atoms with Crippen molar-refractivity contribution in [3.8, 4) is 11.5 Å². The number of ether oxygens (including phenoxy) is 2. The lowest BCUT2D eigenvalue weighted by atomic mass is 10.1. The lowest BCUT2D eigenvalue weighted by molar-refractivity contribution is 0.0758. The Balaban J connectivity index is 3.09. The average Bonchev–Trinajstić information content (AvgIpc) is 2.45. The zero-order valence-corrected chi connectivity index (χ0v) is 13.4. The summed E-state index contributed by atoms with van der Waals surface area (Å²) in [5.74, 6) is 1.76. The number of thioether (sulfide) groups is 1. The summed E-state index contributed by atoms with van der Waals surface area (Å²) < 4.78 is 10.4. The summed E-state index contributed by atoms with van der Waals surface area (Å²) in [7, 11) is 4.84. The van der Waals surface area contributed by atoms with Crippen molar-refractivity contribution < 1.29 is 14.3 Å². The first-order valence-corrected chi connectivity index (χ1v) is 7.63. The predicted molar refractivity (Wildman–Crippen MR) is 83.9 cm³/mol. The van der Waals surface area contributed by atoms with Crippen LogP contribution in [0.5, 0.6) is 11.5 Å². The summed E-state index contributed by atoms with van der Waals surface area (Å²) in [6, 6.07) is 3.36. The molecule has 1 atom stereocenters. The third-order valence-electron chi connectivity index (χ3n) is 3.18. The van der Waals surface area contributed by atoms with E-state index in [1.54, 1.807) is 35.8 Å². The molecular weight excluding hydrogens is 276 g/mol. The van der Waals surface area contributed by atoms with Gasteiger partial charge in [0.05, 0.1) is 19.8 Å². The van der Waals surface area contributed by atoms with E-state index in [0.717, 1.165) is 5.75 Å². The van der Waals surface area contributed by atoms with Crippen LogP contribution >= 0.6 is 11.8 Å². The van der Waals surface area contributed by atoms with Gasteiger partial charge in [0.2, 0.25) is 0 Å². The zero-order chi connectivity index (χ0) is 15.3. The van der Waals surface area contributed by atoms with Gasteiger partial charge in [0.15, 0.2) is 11.5 Å². The van der Waals surface area contributed by atoms with Gasteiger partial charge >= 0.3 is 0 Å². The highest BCUT2D eigenvalue weighted by molar-refractivity contribution is 7.98. The molecule has 0 spiro atoms. The number of methoxy groups -OCH3 is 2. The van der Waals surface area contributed by atoms with Gasteiger partial charge in [0, 0.05) is 30.6 Å². The minimum atomic E-state index is -0.120. The van der Waals surface area contributed by atoms with Gasteiger partial charge < -0.3 is 20.1 Å². The first-order chi connectivity index (χ1) is 9.46. The number of nitrogens with zero attached hydrogens (tertiary/aromatic N) is 1. The number of hydrogen-bond acceptors (Lipinski definition) is 5. The van der Waals surface area contributed by atoms with Crippen LogP contribution in [0.2, 0.25) is 0 Å². The fraction of sp³-hybridized carbons (Fsp3) is 0.500.